The molecule has 3 nitrogen and oxygen atoms in total. The second kappa shape index (κ2) is 6.06. The quantitative estimate of drug-likeness (QED) is 0.888. The third kappa shape index (κ3) is 2.91. The van der Waals surface area contributed by atoms with E-state index in [1.807, 2.05) is 42.5 Å². The molecule has 1 atom stereocenters. The van der Waals surface area contributed by atoms with Crippen molar-refractivity contribution >= 4 is 34.6 Å². The first kappa shape index (κ1) is 14.4. The predicted molar refractivity (Wildman–Crippen MR) is 89.9 cm³/mol. The second-order valence-electron chi connectivity index (χ2n) is 4.94. The third-order valence-electron chi connectivity index (χ3n) is 3.48. The fourth-order valence-electron chi connectivity index (χ4n) is 2.41. The van der Waals surface area contributed by atoms with Crippen LogP contribution in [0.25, 0.3) is 0 Å². The highest BCUT2D eigenvalue weighted by molar-refractivity contribution is 6.36. The monoisotopic (exact) mass is 319 g/mol. The Morgan fingerprint density at radius 2 is 1.95 bits per heavy atom. The Morgan fingerprint density at radius 3 is 2.71 bits per heavy atom. The van der Waals surface area contributed by atoms with Gasteiger partial charge in [0, 0.05) is 33.4 Å². The molecule has 0 radical (unpaired) electrons. The molecule has 5 heteroatoms. The van der Waals surface area contributed by atoms with Gasteiger partial charge in [0.05, 0.1) is 18.3 Å². The van der Waals surface area contributed by atoms with Crippen LogP contribution in [-0.2, 0) is 0 Å². The molecule has 0 bridgehead atoms. The first-order valence-electron chi connectivity index (χ1n) is 6.75. The Morgan fingerprint density at radius 1 is 1.14 bits per heavy atom. The lowest BCUT2D eigenvalue weighted by atomic mass is 10.0. The minimum absolute atomic E-state index is 0.102. The molecular weight excluding hydrogens is 305 g/mol. The van der Waals surface area contributed by atoms with Gasteiger partial charge in [0.25, 0.3) is 0 Å². The fraction of sp³-hybridized carbons (Fsp3) is 0.188. The van der Waals surface area contributed by atoms with Crippen molar-refractivity contribution in [2.75, 3.05) is 18.4 Å². The molecule has 108 valence electrons. The van der Waals surface area contributed by atoms with Gasteiger partial charge in [-0.3, -0.25) is 4.99 Å². The zero-order chi connectivity index (χ0) is 14.8. The van der Waals surface area contributed by atoms with E-state index in [1.165, 1.54) is 0 Å². The van der Waals surface area contributed by atoms with Gasteiger partial charge in [-0.25, -0.2) is 0 Å². The summed E-state index contributed by atoms with van der Waals surface area (Å²) in [6.45, 7) is 1.12. The van der Waals surface area contributed by atoms with Crippen LogP contribution in [0.1, 0.15) is 11.1 Å². The lowest BCUT2D eigenvalue weighted by molar-refractivity contribution is 0.743. The molecule has 1 heterocycles. The topological polar surface area (TPSA) is 50.4 Å². The summed E-state index contributed by atoms with van der Waals surface area (Å²) in [5, 5.41) is 4.76. The molecule has 0 spiro atoms. The van der Waals surface area contributed by atoms with Crippen LogP contribution in [0.4, 0.5) is 5.69 Å². The molecule has 2 aromatic rings. The van der Waals surface area contributed by atoms with Gasteiger partial charge in [-0.05, 0) is 24.3 Å². The number of nitrogens with one attached hydrogen (secondary N) is 1. The Bertz CT molecular complexity index is 698. The molecule has 1 unspecified atom stereocenters. The number of hydrogen-bond donors (Lipinski definition) is 2. The highest BCUT2D eigenvalue weighted by Crippen LogP contribution is 2.29. The summed E-state index contributed by atoms with van der Waals surface area (Å²) in [4.78, 5) is 4.72. The zero-order valence-corrected chi connectivity index (χ0v) is 12.8. The number of hydrogen-bond acceptors (Lipinski definition) is 3. The van der Waals surface area contributed by atoms with Crippen LogP contribution in [-0.4, -0.2) is 24.8 Å². The number of fused-ring (bicyclic) bond motifs is 1. The second-order valence-corrected chi connectivity index (χ2v) is 5.78. The molecule has 0 saturated carbocycles. The molecule has 0 saturated heterocycles. The molecule has 3 N–H and O–H groups in total. The van der Waals surface area contributed by atoms with Crippen LogP contribution in [0.3, 0.4) is 0 Å². The molecule has 0 amide bonds. The Kier molecular flexibility index (Phi) is 4.15. The van der Waals surface area contributed by atoms with Crippen LogP contribution in [0.2, 0.25) is 10.0 Å². The number of anilines is 1. The van der Waals surface area contributed by atoms with Crippen molar-refractivity contribution in [2.45, 2.75) is 6.04 Å². The molecule has 1 aliphatic rings. The summed E-state index contributed by atoms with van der Waals surface area (Å²) >= 11 is 12.5. The van der Waals surface area contributed by atoms with Crippen LogP contribution >= 0.6 is 23.2 Å². The third-order valence-corrected chi connectivity index (χ3v) is 4.04. The Balaban J connectivity index is 2.18. The highest BCUT2D eigenvalue weighted by Gasteiger charge is 2.20. The van der Waals surface area contributed by atoms with Gasteiger partial charge in [-0.1, -0.05) is 41.4 Å². The Labute approximate surface area is 133 Å². The number of benzodiazepines with no additional fused rings is 1. The van der Waals surface area contributed by atoms with E-state index in [2.05, 4.69) is 5.32 Å². The SMILES string of the molecule is NCC1CN=C(c2ccccc2Cl)c2cc(Cl)ccc2N1. The first-order valence-corrected chi connectivity index (χ1v) is 7.50. The average molecular weight is 320 g/mol. The molecule has 0 fully saturated rings. The van der Waals surface area contributed by atoms with Crippen molar-refractivity contribution in [3.63, 3.8) is 0 Å². The maximum Gasteiger partial charge on any atom is 0.0756 e. The minimum Gasteiger partial charge on any atom is -0.379 e. The summed E-state index contributed by atoms with van der Waals surface area (Å²) in [5.41, 5.74) is 9.47. The molecule has 0 aromatic heterocycles. The van der Waals surface area contributed by atoms with E-state index in [0.717, 1.165) is 22.5 Å². The van der Waals surface area contributed by atoms with Crippen LogP contribution in [0, 0.1) is 0 Å². The number of nitrogens with zero attached hydrogens (tertiary/aromatic N) is 1. The van der Waals surface area contributed by atoms with E-state index in [4.69, 9.17) is 33.9 Å². The molecule has 1 aliphatic heterocycles. The van der Waals surface area contributed by atoms with Gasteiger partial charge < -0.3 is 11.1 Å². The molecular formula is C16H15Cl2N3. The van der Waals surface area contributed by atoms with Crippen LogP contribution in [0.15, 0.2) is 47.5 Å². The van der Waals surface area contributed by atoms with Gasteiger partial charge >= 0.3 is 0 Å². The lowest BCUT2D eigenvalue weighted by Crippen LogP contribution is -2.31. The van der Waals surface area contributed by atoms with E-state index in [0.29, 0.717) is 23.1 Å². The standard InChI is InChI=1S/C16H15Cl2N3/c17-10-5-6-15-13(7-10)16(20-9-11(8-19)21-15)12-3-1-2-4-14(12)18/h1-7,11,21H,8-9,19H2. The number of aliphatic imine (C=N–C) groups is 1. The summed E-state index contributed by atoms with van der Waals surface area (Å²) in [6, 6.07) is 13.5. The molecule has 21 heavy (non-hydrogen) atoms. The van der Waals surface area contributed by atoms with Crippen molar-refractivity contribution in [3.05, 3.63) is 63.6 Å². The van der Waals surface area contributed by atoms with E-state index < -0.39 is 0 Å². The number of rotatable bonds is 2. The van der Waals surface area contributed by atoms with Crippen molar-refractivity contribution in [2.24, 2.45) is 10.7 Å². The maximum atomic E-state index is 6.33. The van der Waals surface area contributed by atoms with Crippen LogP contribution < -0.4 is 11.1 Å². The highest BCUT2D eigenvalue weighted by atomic mass is 35.5. The fourth-order valence-corrected chi connectivity index (χ4v) is 2.80. The van der Waals surface area contributed by atoms with Gasteiger partial charge in [-0.2, -0.15) is 0 Å². The summed E-state index contributed by atoms with van der Waals surface area (Å²) in [5.74, 6) is 0. The summed E-state index contributed by atoms with van der Waals surface area (Å²) < 4.78 is 0. The lowest BCUT2D eigenvalue weighted by Gasteiger charge is -2.15. The minimum atomic E-state index is 0.102. The summed E-state index contributed by atoms with van der Waals surface area (Å²) in [7, 11) is 0. The predicted octanol–water partition coefficient (Wildman–Crippen LogP) is 3.58. The zero-order valence-electron chi connectivity index (χ0n) is 11.3. The molecule has 0 aliphatic carbocycles. The van der Waals surface area contributed by atoms with Crippen molar-refractivity contribution in [1.82, 2.24) is 0 Å². The van der Waals surface area contributed by atoms with Gasteiger partial charge in [-0.15, -0.1) is 0 Å². The number of benzene rings is 2. The molecule has 2 aromatic carbocycles. The van der Waals surface area contributed by atoms with E-state index in [-0.39, 0.29) is 6.04 Å². The smallest absolute Gasteiger partial charge is 0.0756 e. The van der Waals surface area contributed by atoms with Gasteiger partial charge in [0.15, 0.2) is 0 Å². The first-order chi connectivity index (χ1) is 10.2. The molecule has 3 rings (SSSR count). The van der Waals surface area contributed by atoms with E-state index >= 15 is 0 Å². The van der Waals surface area contributed by atoms with Gasteiger partial charge in [0.1, 0.15) is 0 Å². The van der Waals surface area contributed by atoms with Crippen molar-refractivity contribution in [3.8, 4) is 0 Å². The van der Waals surface area contributed by atoms with Gasteiger partial charge in [0.2, 0.25) is 0 Å². The number of nitrogens with two attached hydrogens (primary N) is 1. The van der Waals surface area contributed by atoms with Crippen molar-refractivity contribution < 1.29 is 0 Å². The Hall–Kier alpha value is -1.55. The van der Waals surface area contributed by atoms with Crippen LogP contribution in [0.5, 0.6) is 0 Å². The summed E-state index contributed by atoms with van der Waals surface area (Å²) in [6.07, 6.45) is 0. The van der Waals surface area contributed by atoms with E-state index in [9.17, 15) is 0 Å². The largest absolute Gasteiger partial charge is 0.379 e. The average Bonchev–Trinajstić information content (AvgIpc) is 2.67. The van der Waals surface area contributed by atoms with E-state index in [1.54, 1.807) is 0 Å². The maximum absolute atomic E-state index is 6.33. The normalized spacial score (nSPS) is 17.5. The van der Waals surface area contributed by atoms with Crippen molar-refractivity contribution in [1.29, 1.82) is 0 Å². The number of halogens is 2.